The van der Waals surface area contributed by atoms with E-state index in [4.69, 9.17) is 23.2 Å². The topological polar surface area (TPSA) is 86.8 Å². The smallest absolute Gasteiger partial charge is 0.350 e. The normalized spacial score (nSPS) is 12.9. The molecular weight excluding hydrogens is 638 g/mol. The predicted octanol–water partition coefficient (Wildman–Crippen LogP) is 7.24. The van der Waals surface area contributed by atoms with Crippen LogP contribution in [0.2, 0.25) is 10.0 Å². The zero-order chi connectivity index (χ0) is 33.0. The number of halogens is 5. The second kappa shape index (κ2) is 13.8. The third-order valence-electron chi connectivity index (χ3n) is 6.61. The Balaban J connectivity index is 2.18. The number of carbonyl (C=O) groups is 2. The summed E-state index contributed by atoms with van der Waals surface area (Å²) in [6.07, 6.45) is -4.74. The number of hydrogen-bond acceptors (Lipinski definition) is 4. The van der Waals surface area contributed by atoms with Gasteiger partial charge in [-0.1, -0.05) is 66.0 Å². The molecule has 0 saturated heterocycles. The molecule has 0 saturated carbocycles. The summed E-state index contributed by atoms with van der Waals surface area (Å²) in [4.78, 5) is 28.5. The third kappa shape index (κ3) is 8.67. The highest BCUT2D eigenvalue weighted by atomic mass is 35.5. The van der Waals surface area contributed by atoms with E-state index in [1.165, 1.54) is 29.2 Å². The molecule has 0 aliphatic heterocycles. The first-order chi connectivity index (χ1) is 20.3. The third-order valence-corrected chi connectivity index (χ3v) is 9.10. The minimum Gasteiger partial charge on any atom is -0.350 e. The van der Waals surface area contributed by atoms with Crippen LogP contribution in [0.4, 0.5) is 18.9 Å². The molecular formula is C31H34Cl2F3N3O4S. The maximum absolute atomic E-state index is 14.1. The van der Waals surface area contributed by atoms with Gasteiger partial charge in [0.1, 0.15) is 12.6 Å². The number of nitrogens with one attached hydrogen (secondary N) is 1. The van der Waals surface area contributed by atoms with Gasteiger partial charge in [-0.2, -0.15) is 13.2 Å². The molecule has 0 radical (unpaired) electrons. The summed E-state index contributed by atoms with van der Waals surface area (Å²) < 4.78 is 70.0. The van der Waals surface area contributed by atoms with Gasteiger partial charge in [-0.15, -0.1) is 0 Å². The van der Waals surface area contributed by atoms with Crippen LogP contribution >= 0.6 is 23.2 Å². The zero-order valence-electron chi connectivity index (χ0n) is 24.9. The molecule has 0 aliphatic carbocycles. The molecule has 0 spiro atoms. The van der Waals surface area contributed by atoms with Crippen LogP contribution in [0.5, 0.6) is 0 Å². The number of aryl methyl sites for hydroxylation is 1. The van der Waals surface area contributed by atoms with E-state index in [2.05, 4.69) is 5.32 Å². The van der Waals surface area contributed by atoms with E-state index < -0.39 is 62.4 Å². The number of anilines is 1. The standard InChI is InChI=1S/C31H34Cl2F3N3O4S/c1-6-27(29(41)37-30(3,4)5)38(18-21-9-7-8-10-25(21)32)28(40)19-39(44(42,43)23-14-11-20(2)12-15-23)22-13-16-26(33)24(17-22)31(34,35)36/h7-17,27H,6,18-19H2,1-5H3,(H,37,41). The molecule has 44 heavy (non-hydrogen) atoms. The average Bonchev–Trinajstić information content (AvgIpc) is 2.91. The number of alkyl halides is 3. The van der Waals surface area contributed by atoms with E-state index in [0.29, 0.717) is 21.0 Å². The Kier molecular flexibility index (Phi) is 11.0. The first-order valence-electron chi connectivity index (χ1n) is 13.7. The largest absolute Gasteiger partial charge is 0.417 e. The Labute approximate surface area is 266 Å². The van der Waals surface area contributed by atoms with Crippen molar-refractivity contribution in [1.29, 1.82) is 0 Å². The fraction of sp³-hybridized carbons (Fsp3) is 0.355. The molecule has 1 unspecified atom stereocenters. The highest BCUT2D eigenvalue weighted by molar-refractivity contribution is 7.92. The van der Waals surface area contributed by atoms with Crippen LogP contribution < -0.4 is 9.62 Å². The Morgan fingerprint density at radius 1 is 0.932 bits per heavy atom. The molecule has 3 aromatic rings. The molecule has 1 atom stereocenters. The first kappa shape index (κ1) is 35.2. The van der Waals surface area contributed by atoms with Gasteiger partial charge in [0.05, 0.1) is 21.2 Å². The van der Waals surface area contributed by atoms with Crippen LogP contribution in [0, 0.1) is 6.92 Å². The summed E-state index contributed by atoms with van der Waals surface area (Å²) in [6.45, 7) is 7.66. The number of rotatable bonds is 10. The van der Waals surface area contributed by atoms with E-state index in [1.54, 1.807) is 58.9 Å². The van der Waals surface area contributed by atoms with Gasteiger partial charge in [-0.3, -0.25) is 13.9 Å². The quantitative estimate of drug-likeness (QED) is 0.246. The monoisotopic (exact) mass is 671 g/mol. The van der Waals surface area contributed by atoms with Crippen LogP contribution in [0.3, 0.4) is 0 Å². The highest BCUT2D eigenvalue weighted by Gasteiger charge is 2.37. The van der Waals surface area contributed by atoms with Crippen LogP contribution in [0.1, 0.15) is 50.8 Å². The fourth-order valence-electron chi connectivity index (χ4n) is 4.43. The van der Waals surface area contributed by atoms with Crippen molar-refractivity contribution in [3.05, 3.63) is 93.5 Å². The predicted molar refractivity (Wildman–Crippen MR) is 166 cm³/mol. The molecule has 0 aromatic heterocycles. The van der Waals surface area contributed by atoms with Gasteiger partial charge in [0, 0.05) is 17.1 Å². The molecule has 13 heteroatoms. The maximum atomic E-state index is 14.1. The molecule has 0 aliphatic rings. The van der Waals surface area contributed by atoms with Crippen LogP contribution in [0.15, 0.2) is 71.6 Å². The van der Waals surface area contributed by atoms with Gasteiger partial charge in [0.15, 0.2) is 0 Å². The zero-order valence-corrected chi connectivity index (χ0v) is 27.2. The molecule has 0 heterocycles. The van der Waals surface area contributed by atoms with Crippen molar-refractivity contribution in [3.8, 4) is 0 Å². The number of benzene rings is 3. The van der Waals surface area contributed by atoms with Crippen molar-refractivity contribution in [1.82, 2.24) is 10.2 Å². The van der Waals surface area contributed by atoms with Gasteiger partial charge in [-0.05, 0) is 76.1 Å². The number of nitrogens with zero attached hydrogens (tertiary/aromatic N) is 2. The van der Waals surface area contributed by atoms with Crippen molar-refractivity contribution in [2.75, 3.05) is 10.8 Å². The maximum Gasteiger partial charge on any atom is 0.417 e. The minimum atomic E-state index is -4.90. The van der Waals surface area contributed by atoms with E-state index in [-0.39, 0.29) is 17.9 Å². The molecule has 0 bridgehead atoms. The molecule has 1 N–H and O–H groups in total. The van der Waals surface area contributed by atoms with Gasteiger partial charge < -0.3 is 10.2 Å². The average molecular weight is 673 g/mol. The van der Waals surface area contributed by atoms with Gasteiger partial charge in [0.25, 0.3) is 10.0 Å². The molecule has 0 fully saturated rings. The second-order valence-electron chi connectivity index (χ2n) is 11.3. The molecule has 7 nitrogen and oxygen atoms in total. The summed E-state index contributed by atoms with van der Waals surface area (Å²) >= 11 is 12.2. The molecule has 3 rings (SSSR count). The SMILES string of the molecule is CCC(C(=O)NC(C)(C)C)N(Cc1ccccc1Cl)C(=O)CN(c1ccc(Cl)c(C(F)(F)F)c1)S(=O)(=O)c1ccc(C)cc1. The summed E-state index contributed by atoms with van der Waals surface area (Å²) in [6, 6.07) is 13.9. The fourth-order valence-corrected chi connectivity index (χ4v) is 6.26. The number of sulfonamides is 1. The van der Waals surface area contributed by atoms with Crippen molar-refractivity contribution in [2.45, 2.75) is 70.2 Å². The second-order valence-corrected chi connectivity index (χ2v) is 13.9. The number of carbonyl (C=O) groups excluding carboxylic acids is 2. The Bertz CT molecular complexity index is 1610. The van der Waals surface area contributed by atoms with E-state index >= 15 is 0 Å². The van der Waals surface area contributed by atoms with Crippen molar-refractivity contribution in [3.63, 3.8) is 0 Å². The van der Waals surface area contributed by atoms with Crippen molar-refractivity contribution >= 4 is 50.7 Å². The molecule has 238 valence electrons. The minimum absolute atomic E-state index is 0.155. The van der Waals surface area contributed by atoms with Crippen LogP contribution in [-0.2, 0) is 32.3 Å². The lowest BCUT2D eigenvalue weighted by atomic mass is 10.1. The number of amides is 2. The van der Waals surface area contributed by atoms with Gasteiger partial charge in [0.2, 0.25) is 11.8 Å². The van der Waals surface area contributed by atoms with Crippen molar-refractivity contribution < 1.29 is 31.2 Å². The van der Waals surface area contributed by atoms with Crippen LogP contribution in [-0.4, -0.2) is 43.3 Å². The summed E-state index contributed by atoms with van der Waals surface area (Å²) in [5, 5.41) is 2.52. The van der Waals surface area contributed by atoms with Gasteiger partial charge >= 0.3 is 6.18 Å². The lowest BCUT2D eigenvalue weighted by Crippen LogP contribution is -2.55. The lowest BCUT2D eigenvalue weighted by molar-refractivity contribution is -0.141. The summed E-state index contributed by atoms with van der Waals surface area (Å²) in [7, 11) is -4.59. The highest BCUT2D eigenvalue weighted by Crippen LogP contribution is 2.38. The van der Waals surface area contributed by atoms with Crippen molar-refractivity contribution in [2.24, 2.45) is 0 Å². The Morgan fingerprint density at radius 3 is 2.09 bits per heavy atom. The molecule has 2 amide bonds. The first-order valence-corrected chi connectivity index (χ1v) is 15.9. The van der Waals surface area contributed by atoms with E-state index in [1.807, 2.05) is 0 Å². The number of hydrogen-bond donors (Lipinski definition) is 1. The Morgan fingerprint density at radius 2 is 1.55 bits per heavy atom. The lowest BCUT2D eigenvalue weighted by Gasteiger charge is -2.35. The Hall–Kier alpha value is -3.28. The van der Waals surface area contributed by atoms with E-state index in [9.17, 15) is 31.2 Å². The molecule has 3 aromatic carbocycles. The van der Waals surface area contributed by atoms with Crippen LogP contribution in [0.25, 0.3) is 0 Å². The summed E-state index contributed by atoms with van der Waals surface area (Å²) in [5.41, 5.74) is -1.11. The van der Waals surface area contributed by atoms with Gasteiger partial charge in [-0.25, -0.2) is 8.42 Å². The van der Waals surface area contributed by atoms with E-state index in [0.717, 1.165) is 17.7 Å². The summed E-state index contributed by atoms with van der Waals surface area (Å²) in [5.74, 6) is -1.32.